The normalized spacial score (nSPS) is 11.2. The minimum absolute atomic E-state index is 0.293. The number of nitrogens with two attached hydrogens (primary N) is 1. The summed E-state index contributed by atoms with van der Waals surface area (Å²) < 4.78 is 18.9. The van der Waals surface area contributed by atoms with E-state index in [1.54, 1.807) is 50.2 Å². The van der Waals surface area contributed by atoms with Crippen LogP contribution in [0, 0.1) is 24.6 Å². The van der Waals surface area contributed by atoms with Crippen molar-refractivity contribution in [3.63, 3.8) is 0 Å². The summed E-state index contributed by atoms with van der Waals surface area (Å²) in [6.45, 7) is 3.20. The fourth-order valence-corrected chi connectivity index (χ4v) is 1.89. The van der Waals surface area contributed by atoms with Crippen molar-refractivity contribution in [3.8, 4) is 23.3 Å². The zero-order valence-electron chi connectivity index (χ0n) is 13.3. The molecule has 0 saturated heterocycles. The van der Waals surface area contributed by atoms with Crippen LogP contribution >= 0.6 is 0 Å². The van der Waals surface area contributed by atoms with Crippen LogP contribution in [0.3, 0.4) is 0 Å². The highest BCUT2D eigenvalue weighted by Crippen LogP contribution is 2.24. The summed E-state index contributed by atoms with van der Waals surface area (Å²) in [4.78, 5) is 10.8. The lowest BCUT2D eigenvalue weighted by Crippen LogP contribution is -2.38. The number of ether oxygens (including phenoxy) is 1. The van der Waals surface area contributed by atoms with Crippen LogP contribution in [0.15, 0.2) is 42.5 Å². The highest BCUT2D eigenvalue weighted by Gasteiger charge is 2.11. The lowest BCUT2D eigenvalue weighted by Gasteiger charge is -2.14. The zero-order valence-corrected chi connectivity index (χ0v) is 13.3. The van der Waals surface area contributed by atoms with Gasteiger partial charge in [0.25, 0.3) is 0 Å². The molecule has 0 heterocycles. The number of hydroxylamine groups is 2. The number of nitrogens with zero attached hydrogens (tertiary/aromatic N) is 1. The van der Waals surface area contributed by atoms with Crippen molar-refractivity contribution >= 4 is 6.03 Å². The van der Waals surface area contributed by atoms with Gasteiger partial charge in [-0.3, -0.25) is 5.21 Å². The molecule has 0 radical (unpaired) electrons. The van der Waals surface area contributed by atoms with Crippen LogP contribution in [0.2, 0.25) is 0 Å². The molecular formula is C18H17FN2O3. The first-order valence-corrected chi connectivity index (χ1v) is 7.20. The van der Waals surface area contributed by atoms with Crippen molar-refractivity contribution in [1.29, 1.82) is 0 Å². The van der Waals surface area contributed by atoms with E-state index in [1.165, 1.54) is 6.07 Å². The number of amides is 2. The van der Waals surface area contributed by atoms with Gasteiger partial charge in [-0.15, -0.1) is 0 Å². The Morgan fingerprint density at radius 1 is 1.29 bits per heavy atom. The van der Waals surface area contributed by atoms with E-state index >= 15 is 0 Å². The van der Waals surface area contributed by atoms with Crippen LogP contribution in [0.1, 0.15) is 18.1 Å². The molecule has 2 amide bonds. The second kappa shape index (κ2) is 7.49. The lowest BCUT2D eigenvalue weighted by molar-refractivity contribution is -0.0536. The Morgan fingerprint density at radius 3 is 2.67 bits per heavy atom. The van der Waals surface area contributed by atoms with Gasteiger partial charge >= 0.3 is 6.03 Å². The molecule has 1 unspecified atom stereocenters. The standard InChI is InChI=1S/C18H17FN2O3/c1-12-10-16(8-9-17(12)19)24-15-5-3-4-14(11-15)7-6-13(2)21(23)18(20)22/h3-5,8-11,13,23H,1-2H3,(H2,20,22). The van der Waals surface area contributed by atoms with E-state index in [2.05, 4.69) is 11.8 Å². The molecule has 2 aromatic rings. The number of hydrogen-bond acceptors (Lipinski definition) is 3. The number of carbonyl (C=O) groups is 1. The Kier molecular flexibility index (Phi) is 5.40. The number of rotatable bonds is 3. The van der Waals surface area contributed by atoms with Gasteiger partial charge in [-0.25, -0.2) is 9.18 Å². The van der Waals surface area contributed by atoms with Gasteiger partial charge in [-0.05, 0) is 55.8 Å². The van der Waals surface area contributed by atoms with E-state index < -0.39 is 12.1 Å². The molecule has 0 aliphatic rings. The molecule has 0 aliphatic carbocycles. The minimum Gasteiger partial charge on any atom is -0.457 e. The summed E-state index contributed by atoms with van der Waals surface area (Å²) in [5.41, 5.74) is 6.09. The number of benzene rings is 2. The topological polar surface area (TPSA) is 75.8 Å². The molecule has 0 aliphatic heterocycles. The molecule has 0 aromatic heterocycles. The van der Waals surface area contributed by atoms with Gasteiger partial charge in [0, 0.05) is 5.56 Å². The van der Waals surface area contributed by atoms with Crippen LogP contribution in [0.25, 0.3) is 0 Å². The summed E-state index contributed by atoms with van der Waals surface area (Å²) in [5.74, 6) is 6.30. The largest absolute Gasteiger partial charge is 0.457 e. The molecule has 0 spiro atoms. The molecule has 5 nitrogen and oxygen atoms in total. The number of halogens is 1. The van der Waals surface area contributed by atoms with Crippen LogP contribution in [0.5, 0.6) is 11.5 Å². The monoisotopic (exact) mass is 328 g/mol. The second-order valence-electron chi connectivity index (χ2n) is 5.17. The summed E-state index contributed by atoms with van der Waals surface area (Å²) in [6, 6.07) is 9.73. The first kappa shape index (κ1) is 17.3. The molecule has 24 heavy (non-hydrogen) atoms. The van der Waals surface area contributed by atoms with Crippen LogP contribution < -0.4 is 10.5 Å². The quantitative estimate of drug-likeness (QED) is 0.515. The maximum atomic E-state index is 13.3. The first-order valence-electron chi connectivity index (χ1n) is 7.20. The predicted octanol–water partition coefficient (Wildman–Crippen LogP) is 3.44. The van der Waals surface area contributed by atoms with Crippen molar-refractivity contribution in [2.24, 2.45) is 5.73 Å². The van der Waals surface area contributed by atoms with Gasteiger partial charge in [0.2, 0.25) is 0 Å². The summed E-state index contributed by atoms with van der Waals surface area (Å²) in [6.07, 6.45) is 0. The fraction of sp³-hybridized carbons (Fsp3) is 0.167. The fourth-order valence-electron chi connectivity index (χ4n) is 1.89. The van der Waals surface area contributed by atoms with Gasteiger partial charge in [-0.2, -0.15) is 5.06 Å². The van der Waals surface area contributed by atoms with Gasteiger partial charge in [0.05, 0.1) is 0 Å². The Labute approximate surface area is 139 Å². The molecule has 0 fully saturated rings. The van der Waals surface area contributed by atoms with Gasteiger partial charge in [-0.1, -0.05) is 17.9 Å². The van der Waals surface area contributed by atoms with E-state index in [0.29, 0.717) is 27.7 Å². The second-order valence-corrected chi connectivity index (χ2v) is 5.17. The van der Waals surface area contributed by atoms with Gasteiger partial charge < -0.3 is 10.5 Å². The minimum atomic E-state index is -0.972. The third-order valence-electron chi connectivity index (χ3n) is 3.22. The SMILES string of the molecule is Cc1cc(Oc2cccc(C#CC(C)N(O)C(N)=O)c2)ccc1F. The molecule has 2 aromatic carbocycles. The van der Waals surface area contributed by atoms with Crippen molar-refractivity contribution in [3.05, 3.63) is 59.4 Å². The average Bonchev–Trinajstić information content (AvgIpc) is 2.55. The van der Waals surface area contributed by atoms with E-state index in [1.807, 2.05) is 0 Å². The first-order chi connectivity index (χ1) is 11.4. The van der Waals surface area contributed by atoms with E-state index in [-0.39, 0.29) is 5.82 Å². The third-order valence-corrected chi connectivity index (χ3v) is 3.22. The van der Waals surface area contributed by atoms with Crippen molar-refractivity contribution in [2.75, 3.05) is 0 Å². The molecular weight excluding hydrogens is 311 g/mol. The number of aryl methyl sites for hydroxylation is 1. The summed E-state index contributed by atoms with van der Waals surface area (Å²) >= 11 is 0. The molecule has 3 N–H and O–H groups in total. The van der Waals surface area contributed by atoms with E-state index in [0.717, 1.165) is 0 Å². The van der Waals surface area contributed by atoms with Crippen LogP contribution in [0.4, 0.5) is 9.18 Å². The van der Waals surface area contributed by atoms with Crippen molar-refractivity contribution < 1.29 is 19.1 Å². The number of urea groups is 1. The highest BCUT2D eigenvalue weighted by atomic mass is 19.1. The Balaban J connectivity index is 2.14. The molecule has 6 heteroatoms. The average molecular weight is 328 g/mol. The maximum Gasteiger partial charge on any atom is 0.339 e. The molecule has 0 saturated carbocycles. The molecule has 0 bridgehead atoms. The predicted molar refractivity (Wildman–Crippen MR) is 87.2 cm³/mol. The molecule has 124 valence electrons. The third kappa shape index (κ3) is 4.48. The van der Waals surface area contributed by atoms with Crippen LogP contribution in [-0.2, 0) is 0 Å². The van der Waals surface area contributed by atoms with Crippen molar-refractivity contribution in [1.82, 2.24) is 5.06 Å². The number of carbonyl (C=O) groups excluding carboxylic acids is 1. The maximum absolute atomic E-state index is 13.3. The van der Waals surface area contributed by atoms with E-state index in [4.69, 9.17) is 10.5 Å². The number of primary amides is 1. The highest BCUT2D eigenvalue weighted by molar-refractivity contribution is 5.71. The number of hydrogen-bond donors (Lipinski definition) is 2. The Bertz CT molecular complexity index is 811. The van der Waals surface area contributed by atoms with Crippen molar-refractivity contribution in [2.45, 2.75) is 19.9 Å². The van der Waals surface area contributed by atoms with Crippen LogP contribution in [-0.4, -0.2) is 22.3 Å². The van der Waals surface area contributed by atoms with E-state index in [9.17, 15) is 14.4 Å². The Morgan fingerprint density at radius 2 is 2.00 bits per heavy atom. The summed E-state index contributed by atoms with van der Waals surface area (Å²) in [7, 11) is 0. The smallest absolute Gasteiger partial charge is 0.339 e. The van der Waals surface area contributed by atoms with Gasteiger partial charge in [0.15, 0.2) is 0 Å². The molecule has 1 atom stereocenters. The molecule has 2 rings (SSSR count). The zero-order chi connectivity index (χ0) is 17.7. The lowest BCUT2D eigenvalue weighted by atomic mass is 10.2. The van der Waals surface area contributed by atoms with Gasteiger partial charge in [0.1, 0.15) is 23.4 Å². The Hall–Kier alpha value is -3.04. The summed E-state index contributed by atoms with van der Waals surface area (Å²) in [5, 5.41) is 9.73.